The topological polar surface area (TPSA) is 43.1 Å². The molecule has 0 bridgehead atoms. The van der Waals surface area contributed by atoms with Gasteiger partial charge in [0.1, 0.15) is 0 Å². The SMILES string of the molecule is CCn1c(Cl)nc2cc(C(=O)N(Cc3cc(C)n(-c4ccccc4)c3C)C(C)C)ccc21. The molecule has 2 heterocycles. The van der Waals surface area contributed by atoms with Crippen molar-refractivity contribution in [2.24, 2.45) is 0 Å². The van der Waals surface area contributed by atoms with Crippen LogP contribution in [0.1, 0.15) is 48.1 Å². The minimum atomic E-state index is -0.00594. The van der Waals surface area contributed by atoms with Crippen LogP contribution in [0.15, 0.2) is 54.6 Å². The number of hydrogen-bond acceptors (Lipinski definition) is 2. The number of rotatable bonds is 6. The third-order valence-electron chi connectivity index (χ3n) is 6.04. The van der Waals surface area contributed by atoms with Crippen LogP contribution in [0.4, 0.5) is 0 Å². The van der Waals surface area contributed by atoms with Gasteiger partial charge >= 0.3 is 0 Å². The van der Waals surface area contributed by atoms with Gasteiger partial charge in [0.2, 0.25) is 5.28 Å². The fourth-order valence-corrected chi connectivity index (χ4v) is 4.64. The normalized spacial score (nSPS) is 11.5. The van der Waals surface area contributed by atoms with Gasteiger partial charge in [0.15, 0.2) is 0 Å². The number of para-hydroxylation sites is 1. The van der Waals surface area contributed by atoms with E-state index in [0.717, 1.165) is 40.2 Å². The van der Waals surface area contributed by atoms with E-state index in [1.807, 2.05) is 52.8 Å². The molecule has 0 fully saturated rings. The molecule has 0 aliphatic heterocycles. The molecule has 166 valence electrons. The summed E-state index contributed by atoms with van der Waals surface area (Å²) < 4.78 is 4.17. The van der Waals surface area contributed by atoms with Crippen molar-refractivity contribution < 1.29 is 4.79 Å². The summed E-state index contributed by atoms with van der Waals surface area (Å²) in [4.78, 5) is 19.9. The fraction of sp³-hybridized carbons (Fsp3) is 0.308. The third-order valence-corrected chi connectivity index (χ3v) is 6.33. The minimum absolute atomic E-state index is 0.00594. The van der Waals surface area contributed by atoms with Gasteiger partial charge in [-0.25, -0.2) is 4.98 Å². The third kappa shape index (κ3) is 3.93. The molecule has 1 amide bonds. The Kier molecular flexibility index (Phi) is 6.11. The van der Waals surface area contributed by atoms with Crippen LogP contribution in [0.3, 0.4) is 0 Å². The van der Waals surface area contributed by atoms with Crippen LogP contribution in [0.5, 0.6) is 0 Å². The van der Waals surface area contributed by atoms with Crippen molar-refractivity contribution in [3.63, 3.8) is 0 Å². The highest BCUT2D eigenvalue weighted by molar-refractivity contribution is 6.29. The number of imidazole rings is 1. The molecule has 4 rings (SSSR count). The van der Waals surface area contributed by atoms with E-state index in [9.17, 15) is 4.79 Å². The summed E-state index contributed by atoms with van der Waals surface area (Å²) in [6.07, 6.45) is 0. The lowest BCUT2D eigenvalue weighted by atomic mass is 10.1. The predicted molar refractivity (Wildman–Crippen MR) is 131 cm³/mol. The van der Waals surface area contributed by atoms with E-state index in [2.05, 4.69) is 55.4 Å². The highest BCUT2D eigenvalue weighted by Gasteiger charge is 2.23. The zero-order chi connectivity index (χ0) is 23.0. The van der Waals surface area contributed by atoms with Crippen molar-refractivity contribution in [2.75, 3.05) is 0 Å². The van der Waals surface area contributed by atoms with Crippen molar-refractivity contribution in [3.05, 3.63) is 82.4 Å². The van der Waals surface area contributed by atoms with Crippen LogP contribution in [0, 0.1) is 13.8 Å². The Morgan fingerprint density at radius 2 is 1.81 bits per heavy atom. The Bertz CT molecular complexity index is 1270. The van der Waals surface area contributed by atoms with Gasteiger partial charge < -0.3 is 14.0 Å². The maximum absolute atomic E-state index is 13.5. The lowest BCUT2D eigenvalue weighted by Crippen LogP contribution is -2.36. The van der Waals surface area contributed by atoms with E-state index in [0.29, 0.717) is 17.4 Å². The van der Waals surface area contributed by atoms with E-state index in [-0.39, 0.29) is 11.9 Å². The maximum atomic E-state index is 13.5. The number of amides is 1. The molecule has 0 saturated heterocycles. The molecule has 4 aromatic rings. The quantitative estimate of drug-likeness (QED) is 0.354. The smallest absolute Gasteiger partial charge is 0.254 e. The number of halogens is 1. The van der Waals surface area contributed by atoms with Crippen molar-refractivity contribution >= 4 is 28.5 Å². The molecule has 6 heteroatoms. The number of carbonyl (C=O) groups is 1. The minimum Gasteiger partial charge on any atom is -0.332 e. The lowest BCUT2D eigenvalue weighted by Gasteiger charge is -2.27. The Morgan fingerprint density at radius 3 is 2.47 bits per heavy atom. The number of aromatic nitrogens is 3. The van der Waals surface area contributed by atoms with Gasteiger partial charge in [0.05, 0.1) is 11.0 Å². The van der Waals surface area contributed by atoms with Crippen molar-refractivity contribution in [3.8, 4) is 5.69 Å². The Morgan fingerprint density at radius 1 is 1.09 bits per heavy atom. The summed E-state index contributed by atoms with van der Waals surface area (Å²) in [5.41, 5.74) is 6.89. The number of carbonyl (C=O) groups excluding carboxylic acids is 1. The highest BCUT2D eigenvalue weighted by atomic mass is 35.5. The molecule has 0 radical (unpaired) electrons. The number of nitrogens with zero attached hydrogens (tertiary/aromatic N) is 4. The van der Waals surface area contributed by atoms with E-state index < -0.39 is 0 Å². The first-order valence-electron chi connectivity index (χ1n) is 11.0. The van der Waals surface area contributed by atoms with Gasteiger partial charge in [-0.3, -0.25) is 4.79 Å². The second kappa shape index (κ2) is 8.83. The molecular formula is C26H29ClN4O. The van der Waals surface area contributed by atoms with E-state index in [4.69, 9.17) is 11.6 Å². The second-order valence-corrected chi connectivity index (χ2v) is 8.76. The zero-order valence-corrected chi connectivity index (χ0v) is 20.0. The number of aryl methyl sites for hydroxylation is 2. The first-order valence-corrected chi connectivity index (χ1v) is 11.4. The maximum Gasteiger partial charge on any atom is 0.254 e. The molecule has 0 saturated carbocycles. The van der Waals surface area contributed by atoms with E-state index in [1.165, 1.54) is 0 Å². The molecule has 0 N–H and O–H groups in total. The van der Waals surface area contributed by atoms with Gasteiger partial charge in [0, 0.05) is 41.8 Å². The van der Waals surface area contributed by atoms with Crippen LogP contribution in [0.2, 0.25) is 5.28 Å². The summed E-state index contributed by atoms with van der Waals surface area (Å²) in [6, 6.07) is 18.2. The number of fused-ring (bicyclic) bond motifs is 1. The lowest BCUT2D eigenvalue weighted by molar-refractivity contribution is 0.0690. The molecule has 0 aliphatic carbocycles. The van der Waals surface area contributed by atoms with Gasteiger partial charge in [-0.05, 0) is 88.2 Å². The van der Waals surface area contributed by atoms with Gasteiger partial charge in [0.25, 0.3) is 5.91 Å². The van der Waals surface area contributed by atoms with Crippen molar-refractivity contribution in [1.82, 2.24) is 19.0 Å². The first-order chi connectivity index (χ1) is 15.3. The summed E-state index contributed by atoms with van der Waals surface area (Å²) in [7, 11) is 0. The number of hydrogen-bond donors (Lipinski definition) is 0. The van der Waals surface area contributed by atoms with E-state index >= 15 is 0 Å². The standard InChI is InChI=1S/C26H29ClN4O/c1-6-29-24-13-12-20(15-23(24)28-26(29)27)25(32)30(17(2)3)16-21-14-18(4)31(19(21)5)22-10-8-7-9-11-22/h7-15,17H,6,16H2,1-5H3. The van der Waals surface area contributed by atoms with Gasteiger partial charge in [-0.2, -0.15) is 0 Å². The molecule has 2 aromatic carbocycles. The molecule has 32 heavy (non-hydrogen) atoms. The molecule has 5 nitrogen and oxygen atoms in total. The summed E-state index contributed by atoms with van der Waals surface area (Å²) in [5, 5.41) is 0.446. The van der Waals surface area contributed by atoms with Gasteiger partial charge in [-0.15, -0.1) is 0 Å². The first kappa shape index (κ1) is 22.2. The summed E-state index contributed by atoms with van der Waals surface area (Å²) in [6.45, 7) is 11.6. The number of benzene rings is 2. The van der Waals surface area contributed by atoms with Crippen LogP contribution in [0.25, 0.3) is 16.7 Å². The van der Waals surface area contributed by atoms with Crippen LogP contribution in [-0.2, 0) is 13.1 Å². The Hall–Kier alpha value is -3.05. The van der Waals surface area contributed by atoms with E-state index in [1.54, 1.807) is 0 Å². The van der Waals surface area contributed by atoms with Crippen molar-refractivity contribution in [2.45, 2.75) is 53.8 Å². The van der Waals surface area contributed by atoms with Gasteiger partial charge in [-0.1, -0.05) is 18.2 Å². The second-order valence-electron chi connectivity index (χ2n) is 8.42. The average Bonchev–Trinajstić information content (AvgIpc) is 3.25. The van der Waals surface area contributed by atoms with Crippen molar-refractivity contribution in [1.29, 1.82) is 0 Å². The predicted octanol–water partition coefficient (Wildman–Crippen LogP) is 6.17. The molecular weight excluding hydrogens is 420 g/mol. The average molecular weight is 449 g/mol. The fourth-order valence-electron chi connectivity index (χ4n) is 4.34. The Balaban J connectivity index is 1.66. The Labute approximate surface area is 194 Å². The molecule has 0 unspecified atom stereocenters. The molecule has 0 aliphatic rings. The highest BCUT2D eigenvalue weighted by Crippen LogP contribution is 2.25. The zero-order valence-electron chi connectivity index (χ0n) is 19.3. The van der Waals surface area contributed by atoms with Crippen LogP contribution >= 0.6 is 11.6 Å². The molecule has 0 spiro atoms. The summed E-state index contributed by atoms with van der Waals surface area (Å²) >= 11 is 6.26. The molecule has 0 atom stereocenters. The monoisotopic (exact) mass is 448 g/mol. The van der Waals surface area contributed by atoms with Crippen LogP contribution in [-0.4, -0.2) is 31.0 Å². The molecule has 2 aromatic heterocycles. The largest absolute Gasteiger partial charge is 0.332 e. The van der Waals surface area contributed by atoms with Crippen LogP contribution < -0.4 is 0 Å². The summed E-state index contributed by atoms with van der Waals surface area (Å²) in [5.74, 6) is -0.00594.